The molecular weight excluding hydrogens is 476 g/mol. The van der Waals surface area contributed by atoms with Gasteiger partial charge < -0.3 is 15.0 Å². The van der Waals surface area contributed by atoms with Crippen LogP contribution >= 0.6 is 24.0 Å². The molecule has 2 fully saturated rings. The van der Waals surface area contributed by atoms with Crippen molar-refractivity contribution in [2.75, 3.05) is 46.4 Å². The van der Waals surface area contributed by atoms with E-state index in [1.807, 2.05) is 13.2 Å². The number of rotatable bonds is 3. The van der Waals surface area contributed by atoms with Gasteiger partial charge in [0.25, 0.3) is 0 Å². The summed E-state index contributed by atoms with van der Waals surface area (Å²) in [6.45, 7) is 1.83. The van der Waals surface area contributed by atoms with Gasteiger partial charge in [-0.2, -0.15) is 18.3 Å². The van der Waals surface area contributed by atoms with Crippen LogP contribution in [0, 0.1) is 0 Å². The van der Waals surface area contributed by atoms with Crippen LogP contribution in [0.25, 0.3) is 0 Å². The Morgan fingerprint density at radius 2 is 2.15 bits per heavy atom. The molecule has 0 radical (unpaired) electrons. The van der Waals surface area contributed by atoms with E-state index in [9.17, 15) is 13.2 Å². The van der Waals surface area contributed by atoms with Gasteiger partial charge in [-0.25, -0.2) is 0 Å². The van der Waals surface area contributed by atoms with Crippen LogP contribution in [0.4, 0.5) is 13.2 Å². The van der Waals surface area contributed by atoms with Crippen molar-refractivity contribution < 1.29 is 17.9 Å². The molecule has 27 heavy (non-hydrogen) atoms. The maximum Gasteiger partial charge on any atom is 0.401 e. The minimum Gasteiger partial charge on any atom is -0.370 e. The van der Waals surface area contributed by atoms with Crippen molar-refractivity contribution in [2.24, 2.45) is 12.0 Å². The molecule has 1 N–H and O–H groups in total. The molecule has 3 heterocycles. The van der Waals surface area contributed by atoms with Crippen LogP contribution in [-0.2, 0) is 11.8 Å². The van der Waals surface area contributed by atoms with Gasteiger partial charge >= 0.3 is 6.18 Å². The molecule has 0 saturated carbocycles. The fourth-order valence-electron chi connectivity index (χ4n) is 3.48. The molecule has 0 bridgehead atoms. The van der Waals surface area contributed by atoms with Gasteiger partial charge in [-0.3, -0.25) is 14.6 Å². The predicted octanol–water partition coefficient (Wildman–Crippen LogP) is 1.62. The first kappa shape index (κ1) is 22.2. The number of nitrogens with one attached hydrogen (secondary N) is 1. The summed E-state index contributed by atoms with van der Waals surface area (Å²) in [6.07, 6.45) is 0.136. The number of morpholine rings is 1. The molecule has 2 aliphatic rings. The van der Waals surface area contributed by atoms with Gasteiger partial charge in [0, 0.05) is 51.5 Å². The third-order valence-electron chi connectivity index (χ3n) is 4.68. The van der Waals surface area contributed by atoms with Gasteiger partial charge in [0.1, 0.15) is 6.10 Å². The van der Waals surface area contributed by atoms with Crippen LogP contribution in [0.1, 0.15) is 18.1 Å². The first-order valence-corrected chi connectivity index (χ1v) is 8.71. The van der Waals surface area contributed by atoms with Crippen LogP contribution in [0.2, 0.25) is 0 Å². The number of ether oxygens (including phenoxy) is 1. The number of hydrogen-bond donors (Lipinski definition) is 1. The second-order valence-corrected chi connectivity index (χ2v) is 6.78. The molecule has 2 aliphatic heterocycles. The van der Waals surface area contributed by atoms with E-state index in [0.717, 1.165) is 5.56 Å². The molecule has 11 heteroatoms. The standard InChI is InChI=1S/C16H25F3N6O.HI/c1-20-15(22-13-3-4-24(9-13)11-16(17,18)19)25-5-6-26-14(10-25)12-7-21-23(2)8-12;/h7-8,13-14H,3-6,9-11H2,1-2H3,(H,20,22);1H. The molecule has 7 nitrogen and oxygen atoms in total. The van der Waals surface area contributed by atoms with Crippen LogP contribution in [-0.4, -0.2) is 84.1 Å². The fraction of sp³-hybridized carbons (Fsp3) is 0.750. The van der Waals surface area contributed by atoms with Gasteiger partial charge in [0.15, 0.2) is 5.96 Å². The third-order valence-corrected chi connectivity index (χ3v) is 4.68. The summed E-state index contributed by atoms with van der Waals surface area (Å²) in [5.41, 5.74) is 1.00. The molecule has 0 aromatic carbocycles. The zero-order valence-corrected chi connectivity index (χ0v) is 17.8. The Hall–Kier alpha value is -1.08. The lowest BCUT2D eigenvalue weighted by Crippen LogP contribution is -2.51. The van der Waals surface area contributed by atoms with Crippen molar-refractivity contribution in [3.05, 3.63) is 18.0 Å². The quantitative estimate of drug-likeness (QED) is 0.387. The second-order valence-electron chi connectivity index (χ2n) is 6.78. The largest absolute Gasteiger partial charge is 0.401 e. The summed E-state index contributed by atoms with van der Waals surface area (Å²) < 4.78 is 45.2. The van der Waals surface area contributed by atoms with Crippen molar-refractivity contribution in [3.8, 4) is 0 Å². The minimum atomic E-state index is -4.16. The average Bonchev–Trinajstić information content (AvgIpc) is 3.20. The van der Waals surface area contributed by atoms with Crippen molar-refractivity contribution >= 4 is 29.9 Å². The fourth-order valence-corrected chi connectivity index (χ4v) is 3.48. The van der Waals surface area contributed by atoms with E-state index in [2.05, 4.69) is 20.3 Å². The Balaban J connectivity index is 0.00000261. The van der Waals surface area contributed by atoms with Crippen molar-refractivity contribution in [2.45, 2.75) is 24.7 Å². The Morgan fingerprint density at radius 3 is 2.78 bits per heavy atom. The summed E-state index contributed by atoms with van der Waals surface area (Å²) in [5, 5.41) is 7.50. The van der Waals surface area contributed by atoms with Crippen molar-refractivity contribution in [1.29, 1.82) is 0 Å². The molecular formula is C16H26F3IN6O. The Kier molecular flexibility index (Phi) is 7.74. The summed E-state index contributed by atoms with van der Waals surface area (Å²) in [7, 11) is 3.55. The molecule has 2 saturated heterocycles. The molecule has 154 valence electrons. The highest BCUT2D eigenvalue weighted by atomic mass is 127. The number of aryl methyl sites for hydroxylation is 1. The lowest BCUT2D eigenvalue weighted by atomic mass is 10.1. The molecule has 2 atom stereocenters. The number of likely N-dealkylation sites (tertiary alicyclic amines) is 1. The van der Waals surface area contributed by atoms with Gasteiger partial charge in [-0.15, -0.1) is 24.0 Å². The van der Waals surface area contributed by atoms with Crippen LogP contribution < -0.4 is 5.32 Å². The smallest absolute Gasteiger partial charge is 0.370 e. The van der Waals surface area contributed by atoms with E-state index in [0.29, 0.717) is 45.2 Å². The molecule has 2 unspecified atom stereocenters. The molecule has 0 amide bonds. The number of aliphatic imine (C=N–C) groups is 1. The van der Waals surface area contributed by atoms with Crippen LogP contribution in [0.15, 0.2) is 17.4 Å². The number of aromatic nitrogens is 2. The summed E-state index contributed by atoms with van der Waals surface area (Å²) in [5.74, 6) is 0.709. The highest BCUT2D eigenvalue weighted by Gasteiger charge is 2.35. The van der Waals surface area contributed by atoms with E-state index < -0.39 is 12.7 Å². The zero-order chi connectivity index (χ0) is 18.7. The zero-order valence-electron chi connectivity index (χ0n) is 15.4. The average molecular weight is 502 g/mol. The Bertz CT molecular complexity index is 638. The lowest BCUT2D eigenvalue weighted by Gasteiger charge is -2.35. The van der Waals surface area contributed by atoms with Gasteiger partial charge in [-0.1, -0.05) is 0 Å². The maximum atomic E-state index is 12.5. The predicted molar refractivity (Wildman–Crippen MR) is 106 cm³/mol. The third kappa shape index (κ3) is 6.21. The van der Waals surface area contributed by atoms with Gasteiger partial charge in [0.2, 0.25) is 0 Å². The van der Waals surface area contributed by atoms with Crippen molar-refractivity contribution in [1.82, 2.24) is 24.9 Å². The minimum absolute atomic E-state index is 0. The van der Waals surface area contributed by atoms with E-state index in [4.69, 9.17) is 4.74 Å². The highest BCUT2D eigenvalue weighted by molar-refractivity contribution is 14.0. The number of hydrogen-bond acceptors (Lipinski definition) is 4. The van der Waals surface area contributed by atoms with E-state index >= 15 is 0 Å². The van der Waals surface area contributed by atoms with E-state index in [-0.39, 0.29) is 36.1 Å². The first-order chi connectivity index (χ1) is 12.3. The van der Waals surface area contributed by atoms with Gasteiger partial charge in [0.05, 0.1) is 25.9 Å². The topological polar surface area (TPSA) is 57.9 Å². The van der Waals surface area contributed by atoms with E-state index in [1.165, 1.54) is 4.90 Å². The Morgan fingerprint density at radius 1 is 1.37 bits per heavy atom. The molecule has 0 spiro atoms. The van der Waals surface area contributed by atoms with E-state index in [1.54, 1.807) is 17.9 Å². The van der Waals surface area contributed by atoms with Crippen LogP contribution in [0.5, 0.6) is 0 Å². The van der Waals surface area contributed by atoms with Gasteiger partial charge in [-0.05, 0) is 6.42 Å². The number of nitrogens with zero attached hydrogens (tertiary/aromatic N) is 5. The number of alkyl halides is 3. The second kappa shape index (κ2) is 9.41. The summed E-state index contributed by atoms with van der Waals surface area (Å²) >= 11 is 0. The monoisotopic (exact) mass is 502 g/mol. The molecule has 0 aliphatic carbocycles. The molecule has 1 aromatic heterocycles. The first-order valence-electron chi connectivity index (χ1n) is 8.71. The van der Waals surface area contributed by atoms with Crippen molar-refractivity contribution in [3.63, 3.8) is 0 Å². The SMILES string of the molecule is CN=C(NC1CCN(CC(F)(F)F)C1)N1CCOC(c2cnn(C)c2)C1.I. The number of halogens is 4. The highest BCUT2D eigenvalue weighted by Crippen LogP contribution is 2.23. The Labute approximate surface area is 173 Å². The van der Waals surface area contributed by atoms with Crippen LogP contribution in [0.3, 0.4) is 0 Å². The number of guanidine groups is 1. The molecule has 3 rings (SSSR count). The summed E-state index contributed by atoms with van der Waals surface area (Å²) in [4.78, 5) is 7.85. The maximum absolute atomic E-state index is 12.5. The molecule has 1 aromatic rings. The summed E-state index contributed by atoms with van der Waals surface area (Å²) in [6, 6.07) is -0.0317. The lowest BCUT2D eigenvalue weighted by molar-refractivity contribution is -0.143. The normalized spacial score (nSPS) is 24.8.